The molecule has 1 aromatic carbocycles. The summed E-state index contributed by atoms with van der Waals surface area (Å²) in [5, 5.41) is 24.2. The van der Waals surface area contributed by atoms with Crippen molar-refractivity contribution in [2.24, 2.45) is 11.0 Å². The van der Waals surface area contributed by atoms with Crippen molar-refractivity contribution in [1.82, 2.24) is 16.0 Å². The summed E-state index contributed by atoms with van der Waals surface area (Å²) in [6, 6.07) is 5.13. The predicted octanol–water partition coefficient (Wildman–Crippen LogP) is 2.50. The van der Waals surface area contributed by atoms with Gasteiger partial charge in [0.25, 0.3) is 0 Å². The van der Waals surface area contributed by atoms with Crippen molar-refractivity contribution in [3.8, 4) is 0 Å². The molecule has 0 heterocycles. The molecule has 0 fully saturated rings. The van der Waals surface area contributed by atoms with Crippen LogP contribution in [-0.2, 0) is 63.6 Å². The van der Waals surface area contributed by atoms with Gasteiger partial charge in [0.05, 0.1) is 126 Å². The van der Waals surface area contributed by atoms with E-state index in [1.54, 1.807) is 30.5 Å². The Balaban J connectivity index is 2.06. The van der Waals surface area contributed by atoms with Gasteiger partial charge in [-0.25, -0.2) is 0 Å². The molecule has 1 rings (SSSR count). The third-order valence-corrected chi connectivity index (χ3v) is 8.36. The number of hydrogen-bond acceptors (Lipinski definition) is 15. The van der Waals surface area contributed by atoms with Crippen LogP contribution in [0.2, 0.25) is 0 Å². The lowest BCUT2D eigenvalue weighted by molar-refractivity contribution is -0.132. The van der Waals surface area contributed by atoms with Crippen LogP contribution in [-0.4, -0.2) is 167 Å². The molecule has 0 aliphatic heterocycles. The van der Waals surface area contributed by atoms with E-state index in [1.807, 2.05) is 13.8 Å². The number of aliphatic hydroxyl groups is 1. The molecule has 0 unspecified atom stereocenters. The summed E-state index contributed by atoms with van der Waals surface area (Å²) in [5.74, 6) is -1.40. The number of carbonyl (C=O) groups excluding carboxylic acids is 3. The van der Waals surface area contributed by atoms with E-state index in [2.05, 4.69) is 37.9 Å². The molecule has 5 N–H and O–H groups in total. The van der Waals surface area contributed by atoms with Gasteiger partial charge in [0.2, 0.25) is 17.7 Å². The van der Waals surface area contributed by atoms with E-state index in [9.17, 15) is 19.5 Å². The average molecular weight is 870 g/mol. The second kappa shape index (κ2) is 40.2. The van der Waals surface area contributed by atoms with E-state index in [-0.39, 0.29) is 37.4 Å². The van der Waals surface area contributed by atoms with Crippen LogP contribution in [0.1, 0.15) is 45.1 Å². The molecule has 0 radical (unpaired) electrons. The van der Waals surface area contributed by atoms with Gasteiger partial charge in [-0.3, -0.25) is 14.4 Å². The van der Waals surface area contributed by atoms with Gasteiger partial charge in [-0.2, -0.15) is 0 Å². The number of aliphatic hydroxyl groups excluding tert-OH is 1. The largest absolute Gasteiger partial charge is 0.392 e. The van der Waals surface area contributed by atoms with Crippen molar-refractivity contribution >= 4 is 23.4 Å². The van der Waals surface area contributed by atoms with Crippen LogP contribution in [0.15, 0.2) is 42.2 Å². The first-order chi connectivity index (χ1) is 29.8. The minimum Gasteiger partial charge on any atom is -0.392 e. The maximum Gasteiger partial charge on any atom is 0.246 e. The van der Waals surface area contributed by atoms with Gasteiger partial charge in [0, 0.05) is 30.1 Å². The van der Waals surface area contributed by atoms with Crippen LogP contribution >= 0.6 is 0 Å². The fourth-order valence-electron chi connectivity index (χ4n) is 5.09. The third-order valence-electron chi connectivity index (χ3n) is 8.36. The van der Waals surface area contributed by atoms with Gasteiger partial charge >= 0.3 is 0 Å². The molecule has 0 saturated carbocycles. The topological polar surface area (TPSA) is 251 Å². The van der Waals surface area contributed by atoms with Crippen LogP contribution in [0.25, 0.3) is 10.4 Å². The molecule has 2 atom stereocenters. The molecule has 348 valence electrons. The lowest BCUT2D eigenvalue weighted by Gasteiger charge is -2.25. The number of azide groups is 1. The van der Waals surface area contributed by atoms with Gasteiger partial charge < -0.3 is 69.0 Å². The molecule has 0 saturated heterocycles. The van der Waals surface area contributed by atoms with Gasteiger partial charge in [-0.15, -0.1) is 0 Å². The summed E-state index contributed by atoms with van der Waals surface area (Å²) in [6.45, 7) is 15.5. The molecule has 20 nitrogen and oxygen atoms in total. The lowest BCUT2D eigenvalue weighted by atomic mass is 10.0. The van der Waals surface area contributed by atoms with Gasteiger partial charge in [-0.05, 0) is 54.6 Å². The fourth-order valence-corrected chi connectivity index (χ4v) is 5.09. The Labute approximate surface area is 360 Å². The minimum absolute atomic E-state index is 0.0535. The maximum absolute atomic E-state index is 13.4. The highest BCUT2D eigenvalue weighted by Crippen LogP contribution is 2.12. The highest BCUT2D eigenvalue weighted by Gasteiger charge is 2.28. The second-order valence-electron chi connectivity index (χ2n) is 13.6. The number of benzene rings is 1. The summed E-state index contributed by atoms with van der Waals surface area (Å²) in [7, 11) is 0. The molecular formula is C41H71N7O13. The van der Waals surface area contributed by atoms with Crippen molar-refractivity contribution in [2.45, 2.75) is 58.2 Å². The fraction of sp³-hybridized carbons (Fsp3) is 0.732. The summed E-state index contributed by atoms with van der Waals surface area (Å²) in [5.41, 5.74) is 9.42. The molecular weight excluding hydrogens is 798 g/mol. The summed E-state index contributed by atoms with van der Waals surface area (Å²) < 4.78 is 49.0. The van der Waals surface area contributed by atoms with Crippen molar-refractivity contribution < 1.29 is 62.1 Å². The van der Waals surface area contributed by atoms with Crippen molar-refractivity contribution in [2.75, 3.05) is 137 Å². The second-order valence-corrected chi connectivity index (χ2v) is 13.6. The molecule has 0 bridgehead atoms. The Morgan fingerprint density at radius 2 is 1.15 bits per heavy atom. The Morgan fingerprint density at radius 3 is 1.57 bits per heavy atom. The highest BCUT2D eigenvalue weighted by atomic mass is 16.6. The molecule has 61 heavy (non-hydrogen) atoms. The Hall–Kier alpha value is -3.92. The predicted molar refractivity (Wildman–Crippen MR) is 228 cm³/mol. The van der Waals surface area contributed by atoms with E-state index in [4.69, 9.17) is 48.2 Å². The first-order valence-corrected chi connectivity index (χ1v) is 21.0. The summed E-state index contributed by atoms with van der Waals surface area (Å²) in [6.07, 6.45) is 3.50. The number of rotatable bonds is 43. The number of amides is 3. The number of nitrogens with one attached hydrogen (secondary N) is 4. The van der Waals surface area contributed by atoms with Crippen LogP contribution in [0, 0.1) is 5.92 Å². The van der Waals surface area contributed by atoms with Crippen molar-refractivity contribution in [3.05, 3.63) is 53.1 Å². The number of carbonyl (C=O) groups is 3. The quantitative estimate of drug-likeness (QED) is 0.0274. The molecule has 0 aliphatic rings. The highest BCUT2D eigenvalue weighted by molar-refractivity contribution is 5.98. The van der Waals surface area contributed by atoms with E-state index >= 15 is 0 Å². The zero-order chi connectivity index (χ0) is 44.4. The van der Waals surface area contributed by atoms with Gasteiger partial charge in [0.15, 0.2) is 0 Å². The smallest absolute Gasteiger partial charge is 0.246 e. The first kappa shape index (κ1) is 55.1. The molecule has 3 amide bonds. The summed E-state index contributed by atoms with van der Waals surface area (Å²) in [4.78, 5) is 42.0. The first-order valence-electron chi connectivity index (χ1n) is 21.0. The number of unbranched alkanes of at least 4 members (excludes halogenated alkanes) is 1. The molecule has 1 aromatic rings. The monoisotopic (exact) mass is 870 g/mol. The van der Waals surface area contributed by atoms with Crippen molar-refractivity contribution in [1.29, 1.82) is 0 Å². The van der Waals surface area contributed by atoms with Crippen LogP contribution in [0.5, 0.6) is 0 Å². The van der Waals surface area contributed by atoms with E-state index in [1.165, 1.54) is 0 Å². The molecule has 20 heteroatoms. The maximum atomic E-state index is 13.4. The van der Waals surface area contributed by atoms with Gasteiger partial charge in [0.1, 0.15) is 12.1 Å². The Bertz CT molecular complexity index is 1310. The average Bonchev–Trinajstić information content (AvgIpc) is 3.25. The minimum atomic E-state index is -0.848. The van der Waals surface area contributed by atoms with Crippen LogP contribution in [0.3, 0.4) is 0 Å². The molecule has 0 aromatic heterocycles. The van der Waals surface area contributed by atoms with Crippen LogP contribution in [0.4, 0.5) is 5.69 Å². The van der Waals surface area contributed by atoms with E-state index in [0.717, 1.165) is 6.42 Å². The summed E-state index contributed by atoms with van der Waals surface area (Å²) >= 11 is 0. The van der Waals surface area contributed by atoms with E-state index < -0.39 is 18.0 Å². The third kappa shape index (κ3) is 32.5. The SMILES string of the molecule is C=CNCCCC[C@H](NC(=O)[C@@H](NC(=O)CCOCCOCCOCCOCCOCCOCCOCCOCCOCCN=[N+]=[N-])C(C)C)C(=O)Nc1ccc(CO)cc1. The Morgan fingerprint density at radius 1 is 0.689 bits per heavy atom. The molecule has 0 spiro atoms. The van der Waals surface area contributed by atoms with Crippen molar-refractivity contribution in [3.63, 3.8) is 0 Å². The van der Waals surface area contributed by atoms with Gasteiger partial charge in [-0.1, -0.05) is 37.7 Å². The molecule has 0 aliphatic carbocycles. The Kier molecular flexibility index (Phi) is 36.3. The number of ether oxygens (including phenoxy) is 9. The zero-order valence-corrected chi connectivity index (χ0v) is 36.2. The number of anilines is 1. The van der Waals surface area contributed by atoms with Crippen LogP contribution < -0.4 is 21.3 Å². The zero-order valence-electron chi connectivity index (χ0n) is 36.2. The standard InChI is InChI=1S/C41H71N7O13/c1-4-43-13-6-5-7-37(40(51)45-36-10-8-35(33-49)9-11-36)46-41(52)39(34(2)3)47-38(50)12-15-53-17-19-55-21-23-57-25-27-59-29-31-61-32-30-60-28-26-58-24-22-56-20-18-54-16-14-44-48-42/h4,8-11,34,37,39,43,49H,1,5-7,12-33H2,2-3H3,(H,45,51)(H,46,52)(H,47,50)/t37-,39-/m0/s1. The van der Waals surface area contributed by atoms with E-state index in [0.29, 0.717) is 149 Å². The lowest BCUT2D eigenvalue weighted by Crippen LogP contribution is -2.54. The number of hydrogen-bond donors (Lipinski definition) is 5. The number of nitrogens with zero attached hydrogens (tertiary/aromatic N) is 3. The normalized spacial score (nSPS) is 12.1.